The van der Waals surface area contributed by atoms with Gasteiger partial charge >= 0.3 is 12.0 Å². The highest BCUT2D eigenvalue weighted by atomic mass is 79.9. The number of rotatable bonds is 6. The number of methoxy groups -OCH3 is 1. The number of aliphatic carboxylic acids is 1. The number of hydrogen-bond acceptors (Lipinski definition) is 6. The largest absolute Gasteiger partial charge is 0.493 e. The first-order valence-corrected chi connectivity index (χ1v) is 9.71. The maximum absolute atomic E-state index is 13.0. The van der Waals surface area contributed by atoms with Crippen LogP contribution in [-0.2, 0) is 14.4 Å². The van der Waals surface area contributed by atoms with Gasteiger partial charge < -0.3 is 14.6 Å². The lowest BCUT2D eigenvalue weighted by Crippen LogP contribution is -2.54. The number of halogens is 1. The van der Waals surface area contributed by atoms with E-state index in [1.807, 2.05) is 6.92 Å². The number of carbonyl (C=O) groups excluding carboxylic acids is 3. The Morgan fingerprint density at radius 2 is 1.84 bits per heavy atom. The minimum Gasteiger partial charge on any atom is -0.493 e. The summed E-state index contributed by atoms with van der Waals surface area (Å²) in [6, 6.07) is 8.79. The number of hydrogen-bond donors (Lipinski definition) is 2. The lowest BCUT2D eigenvalue weighted by Gasteiger charge is -2.26. The van der Waals surface area contributed by atoms with Crippen LogP contribution < -0.4 is 19.7 Å². The SMILES string of the molecule is COc1cc(/C=C2\C(=O)NC(=O)N(c3ccc(C)cc3)C2=O)c(Br)cc1OCC(=O)O. The van der Waals surface area contributed by atoms with E-state index in [1.54, 1.807) is 24.3 Å². The third-order valence-corrected chi connectivity index (χ3v) is 5.01. The van der Waals surface area contributed by atoms with Crippen molar-refractivity contribution in [3.05, 3.63) is 57.6 Å². The Morgan fingerprint density at radius 3 is 2.45 bits per heavy atom. The molecular formula is C21H17BrN2O7. The van der Waals surface area contributed by atoms with E-state index in [0.717, 1.165) is 10.5 Å². The topological polar surface area (TPSA) is 122 Å². The average molecular weight is 489 g/mol. The molecule has 1 aliphatic rings. The van der Waals surface area contributed by atoms with E-state index in [9.17, 15) is 19.2 Å². The van der Waals surface area contributed by atoms with Crippen LogP contribution in [0.5, 0.6) is 11.5 Å². The molecule has 1 heterocycles. The molecular weight excluding hydrogens is 472 g/mol. The van der Waals surface area contributed by atoms with Crippen molar-refractivity contribution in [2.75, 3.05) is 18.6 Å². The van der Waals surface area contributed by atoms with Gasteiger partial charge in [0.05, 0.1) is 12.8 Å². The highest BCUT2D eigenvalue weighted by molar-refractivity contribution is 9.10. The number of imide groups is 2. The third-order valence-electron chi connectivity index (χ3n) is 4.33. The molecule has 0 spiro atoms. The average Bonchev–Trinajstić information content (AvgIpc) is 2.71. The van der Waals surface area contributed by atoms with Gasteiger partial charge in [-0.05, 0) is 42.8 Å². The molecule has 0 saturated carbocycles. The van der Waals surface area contributed by atoms with Crippen LogP contribution in [0, 0.1) is 6.92 Å². The first-order chi connectivity index (χ1) is 14.7. The van der Waals surface area contributed by atoms with Crippen LogP contribution in [0.4, 0.5) is 10.5 Å². The highest BCUT2D eigenvalue weighted by Crippen LogP contribution is 2.35. The van der Waals surface area contributed by atoms with Crippen molar-refractivity contribution < 1.29 is 33.8 Å². The van der Waals surface area contributed by atoms with Crippen molar-refractivity contribution in [1.82, 2.24) is 5.32 Å². The quantitative estimate of drug-likeness (QED) is 0.473. The van der Waals surface area contributed by atoms with E-state index < -0.39 is 30.4 Å². The van der Waals surface area contributed by atoms with Gasteiger partial charge in [-0.3, -0.25) is 14.9 Å². The molecule has 0 unspecified atom stereocenters. The number of ether oxygens (including phenoxy) is 2. The molecule has 0 bridgehead atoms. The Bertz CT molecular complexity index is 1110. The number of aryl methyl sites for hydroxylation is 1. The Labute approximate surface area is 185 Å². The first kappa shape index (κ1) is 22.0. The zero-order valence-corrected chi connectivity index (χ0v) is 18.1. The van der Waals surface area contributed by atoms with Gasteiger partial charge in [0.2, 0.25) is 0 Å². The molecule has 2 aromatic rings. The normalized spacial score (nSPS) is 15.1. The molecule has 1 saturated heterocycles. The Morgan fingerprint density at radius 1 is 1.16 bits per heavy atom. The third kappa shape index (κ3) is 4.75. The Balaban J connectivity index is 2.00. The van der Waals surface area contributed by atoms with Crippen molar-refractivity contribution in [2.45, 2.75) is 6.92 Å². The lowest BCUT2D eigenvalue weighted by molar-refractivity contribution is -0.139. The summed E-state index contributed by atoms with van der Waals surface area (Å²) < 4.78 is 10.8. The van der Waals surface area contributed by atoms with E-state index in [1.165, 1.54) is 25.3 Å². The van der Waals surface area contributed by atoms with Gasteiger partial charge in [0.15, 0.2) is 18.1 Å². The van der Waals surface area contributed by atoms with Crippen LogP contribution in [0.1, 0.15) is 11.1 Å². The van der Waals surface area contributed by atoms with Crippen molar-refractivity contribution in [3.63, 3.8) is 0 Å². The van der Waals surface area contributed by atoms with E-state index in [2.05, 4.69) is 21.2 Å². The number of carboxylic acid groups (broad SMARTS) is 1. The predicted octanol–water partition coefficient (Wildman–Crippen LogP) is 2.90. The molecule has 3 rings (SSSR count). The summed E-state index contributed by atoms with van der Waals surface area (Å²) in [6.45, 7) is 1.29. The molecule has 0 aromatic heterocycles. The van der Waals surface area contributed by atoms with Gasteiger partial charge in [0, 0.05) is 4.47 Å². The first-order valence-electron chi connectivity index (χ1n) is 8.91. The van der Waals surface area contributed by atoms with Crippen molar-refractivity contribution in [3.8, 4) is 11.5 Å². The minimum absolute atomic E-state index is 0.162. The van der Waals surface area contributed by atoms with E-state index in [0.29, 0.717) is 15.7 Å². The van der Waals surface area contributed by atoms with Gasteiger partial charge in [-0.15, -0.1) is 0 Å². The number of carboxylic acids is 1. The predicted molar refractivity (Wildman–Crippen MR) is 114 cm³/mol. The van der Waals surface area contributed by atoms with Crippen LogP contribution in [-0.4, -0.2) is 42.6 Å². The fourth-order valence-corrected chi connectivity index (χ4v) is 3.25. The number of nitrogens with zero attached hydrogens (tertiary/aromatic N) is 1. The molecule has 0 aliphatic carbocycles. The number of amides is 4. The van der Waals surface area contributed by atoms with Gasteiger partial charge in [-0.1, -0.05) is 33.6 Å². The van der Waals surface area contributed by atoms with Crippen LogP contribution in [0.25, 0.3) is 6.08 Å². The molecule has 4 amide bonds. The van der Waals surface area contributed by atoms with Gasteiger partial charge in [-0.25, -0.2) is 14.5 Å². The maximum atomic E-state index is 13.0. The molecule has 2 aromatic carbocycles. The van der Waals surface area contributed by atoms with Crippen molar-refractivity contribution >= 4 is 51.5 Å². The zero-order valence-electron chi connectivity index (χ0n) is 16.5. The number of carbonyl (C=O) groups is 4. The van der Waals surface area contributed by atoms with E-state index >= 15 is 0 Å². The Kier molecular flexibility index (Phi) is 6.40. The maximum Gasteiger partial charge on any atom is 0.341 e. The second-order valence-corrected chi connectivity index (χ2v) is 7.35. The second kappa shape index (κ2) is 9.00. The van der Waals surface area contributed by atoms with E-state index in [-0.39, 0.29) is 17.1 Å². The summed E-state index contributed by atoms with van der Waals surface area (Å²) in [5.74, 6) is -2.42. The van der Waals surface area contributed by atoms with Gasteiger partial charge in [-0.2, -0.15) is 0 Å². The number of anilines is 1. The highest BCUT2D eigenvalue weighted by Gasteiger charge is 2.37. The summed E-state index contributed by atoms with van der Waals surface area (Å²) in [6.07, 6.45) is 1.30. The number of nitrogens with one attached hydrogen (secondary N) is 1. The fourth-order valence-electron chi connectivity index (χ4n) is 2.81. The standard InChI is InChI=1S/C21H17BrN2O7/c1-11-3-5-13(6-4-11)24-20(28)14(19(27)23-21(24)29)7-12-8-16(30-2)17(9-15(12)22)31-10-18(25)26/h3-9H,10H2,1-2H3,(H,25,26)(H,23,27,29)/b14-7+. The minimum atomic E-state index is -1.16. The van der Waals surface area contributed by atoms with Crippen LogP contribution in [0.15, 0.2) is 46.4 Å². The fraction of sp³-hybridized carbons (Fsp3) is 0.143. The van der Waals surface area contributed by atoms with Gasteiger partial charge in [0.1, 0.15) is 5.57 Å². The number of urea groups is 1. The Hall–Kier alpha value is -3.66. The summed E-state index contributed by atoms with van der Waals surface area (Å²) >= 11 is 3.31. The number of benzene rings is 2. The number of barbiturate groups is 1. The van der Waals surface area contributed by atoms with Crippen LogP contribution >= 0.6 is 15.9 Å². The van der Waals surface area contributed by atoms with Gasteiger partial charge in [0.25, 0.3) is 11.8 Å². The van der Waals surface area contributed by atoms with Crippen molar-refractivity contribution in [1.29, 1.82) is 0 Å². The molecule has 1 aliphatic heterocycles. The summed E-state index contributed by atoms with van der Waals surface area (Å²) in [5.41, 5.74) is 1.39. The molecule has 10 heteroatoms. The monoisotopic (exact) mass is 488 g/mol. The zero-order chi connectivity index (χ0) is 22.7. The molecule has 1 fully saturated rings. The lowest BCUT2D eigenvalue weighted by atomic mass is 10.1. The molecule has 160 valence electrons. The molecule has 0 radical (unpaired) electrons. The van der Waals surface area contributed by atoms with Crippen molar-refractivity contribution in [2.24, 2.45) is 0 Å². The summed E-state index contributed by atoms with van der Waals surface area (Å²) in [4.78, 5) is 49.3. The molecule has 2 N–H and O–H groups in total. The second-order valence-electron chi connectivity index (χ2n) is 6.50. The molecule has 0 atom stereocenters. The smallest absolute Gasteiger partial charge is 0.341 e. The van der Waals surface area contributed by atoms with Crippen LogP contribution in [0.2, 0.25) is 0 Å². The molecule has 31 heavy (non-hydrogen) atoms. The van der Waals surface area contributed by atoms with E-state index in [4.69, 9.17) is 14.6 Å². The summed E-state index contributed by atoms with van der Waals surface area (Å²) in [5, 5.41) is 10.9. The van der Waals surface area contributed by atoms with Crippen LogP contribution in [0.3, 0.4) is 0 Å². The summed E-state index contributed by atoms with van der Waals surface area (Å²) in [7, 11) is 1.37. The molecule has 9 nitrogen and oxygen atoms in total.